The smallest absolute Gasteiger partial charge is 0.274 e. The van der Waals surface area contributed by atoms with Crippen LogP contribution in [0, 0.1) is 5.92 Å². The van der Waals surface area contributed by atoms with Gasteiger partial charge in [-0.25, -0.2) is 0 Å². The quantitative estimate of drug-likeness (QED) is 0.831. The van der Waals surface area contributed by atoms with Crippen LogP contribution in [0.4, 0.5) is 0 Å². The fraction of sp³-hybridized carbons (Fsp3) is 0.667. The van der Waals surface area contributed by atoms with Crippen LogP contribution in [0.5, 0.6) is 0 Å². The number of carbonyl (C=O) groups excluding carboxylic acids is 1. The molecule has 0 aliphatic carbocycles. The summed E-state index contributed by atoms with van der Waals surface area (Å²) in [5.74, 6) is 0.581. The van der Waals surface area contributed by atoms with E-state index in [9.17, 15) is 4.79 Å². The van der Waals surface area contributed by atoms with E-state index in [-0.39, 0.29) is 5.91 Å². The molecule has 1 aliphatic heterocycles. The zero-order valence-corrected chi connectivity index (χ0v) is 10.5. The highest BCUT2D eigenvalue weighted by Gasteiger charge is 2.20. The summed E-state index contributed by atoms with van der Waals surface area (Å²) in [4.78, 5) is 13.8. The predicted molar refractivity (Wildman–Crippen MR) is 65.8 cm³/mol. The van der Waals surface area contributed by atoms with E-state index in [0.29, 0.717) is 11.6 Å². The Kier molecular flexibility index (Phi) is 3.78. The summed E-state index contributed by atoms with van der Waals surface area (Å²) in [6.45, 7) is 2.93. The lowest BCUT2D eigenvalue weighted by Crippen LogP contribution is -2.39. The fourth-order valence-corrected chi connectivity index (χ4v) is 2.27. The van der Waals surface area contributed by atoms with Crippen LogP contribution in [-0.2, 0) is 7.05 Å². The second-order valence-corrected chi connectivity index (χ2v) is 4.77. The van der Waals surface area contributed by atoms with Gasteiger partial charge in [-0.15, -0.1) is 0 Å². The third-order valence-electron chi connectivity index (χ3n) is 3.21. The first-order chi connectivity index (χ1) is 8.16. The molecule has 1 aliphatic rings. The Hall–Kier alpha value is -1.36. The van der Waals surface area contributed by atoms with Crippen molar-refractivity contribution in [2.24, 2.45) is 13.0 Å². The largest absolute Gasteiger partial charge is 0.340 e. The monoisotopic (exact) mass is 236 g/mol. The molecule has 1 fully saturated rings. The normalized spacial score (nSPS) is 20.2. The van der Waals surface area contributed by atoms with Crippen LogP contribution in [0.3, 0.4) is 0 Å². The van der Waals surface area contributed by atoms with Crippen molar-refractivity contribution in [1.29, 1.82) is 0 Å². The lowest BCUT2D eigenvalue weighted by atomic mass is 9.99. The van der Waals surface area contributed by atoms with Crippen molar-refractivity contribution in [3.63, 3.8) is 0 Å². The second kappa shape index (κ2) is 5.31. The molecule has 5 nitrogen and oxygen atoms in total. The molecule has 0 spiro atoms. The fourth-order valence-electron chi connectivity index (χ4n) is 2.27. The Morgan fingerprint density at radius 3 is 3.12 bits per heavy atom. The van der Waals surface area contributed by atoms with Crippen LogP contribution in [-0.4, -0.2) is 47.3 Å². The van der Waals surface area contributed by atoms with Gasteiger partial charge in [0, 0.05) is 26.8 Å². The van der Waals surface area contributed by atoms with Gasteiger partial charge in [0.15, 0.2) is 0 Å². The van der Waals surface area contributed by atoms with Gasteiger partial charge in [-0.2, -0.15) is 5.10 Å². The summed E-state index contributed by atoms with van der Waals surface area (Å²) in [6, 6.07) is 1.76. The Bertz CT molecular complexity index is 382. The third kappa shape index (κ3) is 3.06. The predicted octanol–water partition coefficient (Wildman–Crippen LogP) is 0.492. The van der Waals surface area contributed by atoms with E-state index in [2.05, 4.69) is 10.4 Å². The molecular formula is C12H20N4O. The van der Waals surface area contributed by atoms with Gasteiger partial charge in [-0.3, -0.25) is 9.48 Å². The molecule has 1 unspecified atom stereocenters. The highest BCUT2D eigenvalue weighted by atomic mass is 16.2. The molecule has 1 saturated heterocycles. The van der Waals surface area contributed by atoms with Crippen LogP contribution in [0.1, 0.15) is 23.3 Å². The van der Waals surface area contributed by atoms with Gasteiger partial charge in [-0.05, 0) is 37.9 Å². The molecule has 0 bridgehead atoms. The number of piperidine rings is 1. The van der Waals surface area contributed by atoms with Gasteiger partial charge < -0.3 is 10.2 Å². The first kappa shape index (κ1) is 12.1. The van der Waals surface area contributed by atoms with Gasteiger partial charge in [0.2, 0.25) is 0 Å². The molecule has 5 heteroatoms. The summed E-state index contributed by atoms with van der Waals surface area (Å²) in [5, 5.41) is 7.50. The Morgan fingerprint density at radius 2 is 2.53 bits per heavy atom. The van der Waals surface area contributed by atoms with Gasteiger partial charge in [0.25, 0.3) is 5.91 Å². The molecule has 0 saturated carbocycles. The van der Waals surface area contributed by atoms with Gasteiger partial charge in [0.05, 0.1) is 0 Å². The van der Waals surface area contributed by atoms with Gasteiger partial charge in [-0.1, -0.05) is 0 Å². The Morgan fingerprint density at radius 1 is 1.71 bits per heavy atom. The number of rotatable bonds is 3. The van der Waals surface area contributed by atoms with Gasteiger partial charge in [0.1, 0.15) is 5.69 Å². The molecule has 2 heterocycles. The molecule has 1 aromatic heterocycles. The number of aromatic nitrogens is 2. The molecule has 0 aromatic carbocycles. The molecular weight excluding hydrogens is 216 g/mol. The van der Waals surface area contributed by atoms with Crippen molar-refractivity contribution in [3.05, 3.63) is 18.0 Å². The molecule has 0 radical (unpaired) electrons. The number of amides is 1. The van der Waals surface area contributed by atoms with E-state index in [1.807, 2.05) is 14.1 Å². The first-order valence-corrected chi connectivity index (χ1v) is 6.12. The van der Waals surface area contributed by atoms with Crippen molar-refractivity contribution in [1.82, 2.24) is 20.0 Å². The lowest BCUT2D eigenvalue weighted by molar-refractivity contribution is 0.0758. The number of hydrogen-bond acceptors (Lipinski definition) is 3. The maximum Gasteiger partial charge on any atom is 0.274 e. The minimum absolute atomic E-state index is 0.0103. The average molecular weight is 236 g/mol. The number of nitrogens with zero attached hydrogens (tertiary/aromatic N) is 3. The standard InChI is InChI=1S/C12H20N4O/c1-15(9-10-4-3-6-13-8-10)12(17)11-5-7-16(2)14-11/h5,7,10,13H,3-4,6,8-9H2,1-2H3. The molecule has 2 rings (SSSR count). The van der Waals surface area contributed by atoms with Crippen molar-refractivity contribution in [2.75, 3.05) is 26.7 Å². The van der Waals surface area contributed by atoms with Gasteiger partial charge >= 0.3 is 0 Å². The third-order valence-corrected chi connectivity index (χ3v) is 3.21. The average Bonchev–Trinajstić information content (AvgIpc) is 2.76. The van der Waals surface area contributed by atoms with E-state index in [4.69, 9.17) is 0 Å². The summed E-state index contributed by atoms with van der Waals surface area (Å²) >= 11 is 0. The van der Waals surface area contributed by atoms with Crippen LogP contribution in [0.15, 0.2) is 12.3 Å². The number of carbonyl (C=O) groups is 1. The zero-order chi connectivity index (χ0) is 12.3. The summed E-state index contributed by atoms with van der Waals surface area (Å²) in [7, 11) is 3.67. The van der Waals surface area contributed by atoms with Crippen LogP contribution in [0.2, 0.25) is 0 Å². The minimum Gasteiger partial charge on any atom is -0.340 e. The van der Waals surface area contributed by atoms with Crippen molar-refractivity contribution in [2.45, 2.75) is 12.8 Å². The lowest BCUT2D eigenvalue weighted by Gasteiger charge is -2.27. The minimum atomic E-state index is 0.0103. The summed E-state index contributed by atoms with van der Waals surface area (Å²) < 4.78 is 1.66. The molecule has 1 aromatic rings. The molecule has 1 atom stereocenters. The Balaban J connectivity index is 1.90. The van der Waals surface area contributed by atoms with Crippen LogP contribution >= 0.6 is 0 Å². The van der Waals surface area contributed by atoms with Crippen molar-refractivity contribution >= 4 is 5.91 Å². The highest BCUT2D eigenvalue weighted by molar-refractivity contribution is 5.91. The summed E-state index contributed by atoms with van der Waals surface area (Å²) in [5.41, 5.74) is 0.527. The van der Waals surface area contributed by atoms with E-state index in [0.717, 1.165) is 19.6 Å². The van der Waals surface area contributed by atoms with E-state index in [1.165, 1.54) is 12.8 Å². The molecule has 17 heavy (non-hydrogen) atoms. The second-order valence-electron chi connectivity index (χ2n) is 4.77. The zero-order valence-electron chi connectivity index (χ0n) is 10.5. The molecule has 94 valence electrons. The highest BCUT2D eigenvalue weighted by Crippen LogP contribution is 2.12. The number of nitrogens with one attached hydrogen (secondary N) is 1. The Labute approximate surface area is 102 Å². The summed E-state index contributed by atoms with van der Waals surface area (Å²) in [6.07, 6.45) is 4.20. The maximum absolute atomic E-state index is 12.1. The van der Waals surface area contributed by atoms with E-state index >= 15 is 0 Å². The maximum atomic E-state index is 12.1. The van der Waals surface area contributed by atoms with Crippen molar-refractivity contribution < 1.29 is 4.79 Å². The van der Waals surface area contributed by atoms with E-state index in [1.54, 1.807) is 21.8 Å². The topological polar surface area (TPSA) is 50.2 Å². The molecule has 1 N–H and O–H groups in total. The van der Waals surface area contributed by atoms with Crippen molar-refractivity contribution in [3.8, 4) is 0 Å². The van der Waals surface area contributed by atoms with Crippen LogP contribution < -0.4 is 5.32 Å². The first-order valence-electron chi connectivity index (χ1n) is 6.12. The SMILES string of the molecule is CN(CC1CCCNC1)C(=O)c1ccn(C)n1. The number of aryl methyl sites for hydroxylation is 1. The van der Waals surface area contributed by atoms with E-state index < -0.39 is 0 Å². The van der Waals surface area contributed by atoms with Crippen LogP contribution in [0.25, 0.3) is 0 Å². The molecule has 1 amide bonds. The number of hydrogen-bond donors (Lipinski definition) is 1.